The van der Waals surface area contributed by atoms with Crippen LogP contribution in [0.15, 0.2) is 18.2 Å². The van der Waals surface area contributed by atoms with Crippen molar-refractivity contribution in [2.75, 3.05) is 13.7 Å². The molecule has 1 rings (SSSR count). The van der Waals surface area contributed by atoms with Crippen molar-refractivity contribution in [3.05, 3.63) is 23.8 Å². The summed E-state index contributed by atoms with van der Waals surface area (Å²) < 4.78 is 10.9. The Morgan fingerprint density at radius 1 is 1.25 bits per heavy atom. The average molecular weight is 224 g/mol. The number of nitrogens with two attached hydrogens (primary N) is 2. The van der Waals surface area contributed by atoms with Crippen LogP contribution in [-0.2, 0) is 0 Å². The standard InChI is InChI=1S/C12H20N2O2/c1-8(2)16-11-5-4-9(10(14)7-13)6-12(11)15-3/h4-6,8,10H,7,13-14H2,1-3H3/t10-/m1/s1. The molecule has 1 aromatic carbocycles. The second kappa shape index (κ2) is 5.72. The lowest BCUT2D eigenvalue weighted by molar-refractivity contribution is 0.230. The largest absolute Gasteiger partial charge is 0.493 e. The maximum Gasteiger partial charge on any atom is 0.161 e. The molecule has 4 heteroatoms. The van der Waals surface area contributed by atoms with Gasteiger partial charge >= 0.3 is 0 Å². The number of benzene rings is 1. The van der Waals surface area contributed by atoms with Crippen molar-refractivity contribution in [2.24, 2.45) is 11.5 Å². The summed E-state index contributed by atoms with van der Waals surface area (Å²) in [5.74, 6) is 1.42. The minimum atomic E-state index is -0.165. The van der Waals surface area contributed by atoms with Gasteiger partial charge in [-0.1, -0.05) is 6.07 Å². The second-order valence-corrected chi connectivity index (χ2v) is 3.92. The van der Waals surface area contributed by atoms with Crippen molar-refractivity contribution in [1.29, 1.82) is 0 Å². The number of ether oxygens (including phenoxy) is 2. The summed E-state index contributed by atoms with van der Waals surface area (Å²) >= 11 is 0. The first-order valence-corrected chi connectivity index (χ1v) is 5.38. The van der Waals surface area contributed by atoms with Gasteiger partial charge in [0.05, 0.1) is 13.2 Å². The van der Waals surface area contributed by atoms with Crippen LogP contribution in [0.25, 0.3) is 0 Å². The molecule has 0 bridgehead atoms. The Bertz CT molecular complexity index is 340. The summed E-state index contributed by atoms with van der Waals surface area (Å²) in [6.45, 7) is 4.35. The molecule has 0 radical (unpaired) electrons. The molecular weight excluding hydrogens is 204 g/mol. The summed E-state index contributed by atoms with van der Waals surface area (Å²) in [5, 5.41) is 0. The summed E-state index contributed by atoms with van der Waals surface area (Å²) in [6.07, 6.45) is 0.114. The molecule has 0 aromatic heterocycles. The molecule has 0 fully saturated rings. The highest BCUT2D eigenvalue weighted by atomic mass is 16.5. The van der Waals surface area contributed by atoms with Crippen molar-refractivity contribution in [3.8, 4) is 11.5 Å². The smallest absolute Gasteiger partial charge is 0.161 e. The highest BCUT2D eigenvalue weighted by Crippen LogP contribution is 2.30. The molecule has 4 nitrogen and oxygen atoms in total. The van der Waals surface area contributed by atoms with E-state index in [1.807, 2.05) is 32.0 Å². The maximum atomic E-state index is 5.85. The third-order valence-electron chi connectivity index (χ3n) is 2.23. The van der Waals surface area contributed by atoms with E-state index in [1.165, 1.54) is 0 Å². The zero-order valence-corrected chi connectivity index (χ0v) is 10.1. The average Bonchev–Trinajstić information content (AvgIpc) is 2.27. The van der Waals surface area contributed by atoms with Crippen LogP contribution < -0.4 is 20.9 Å². The molecule has 0 saturated carbocycles. The van der Waals surface area contributed by atoms with Gasteiger partial charge in [0.15, 0.2) is 11.5 Å². The predicted molar refractivity (Wildman–Crippen MR) is 64.7 cm³/mol. The summed E-state index contributed by atoms with van der Waals surface area (Å²) in [6, 6.07) is 5.48. The van der Waals surface area contributed by atoms with Crippen LogP contribution in [0.4, 0.5) is 0 Å². The van der Waals surface area contributed by atoms with E-state index < -0.39 is 0 Å². The lowest BCUT2D eigenvalue weighted by atomic mass is 10.1. The van der Waals surface area contributed by atoms with Crippen LogP contribution in [0, 0.1) is 0 Å². The van der Waals surface area contributed by atoms with Gasteiger partial charge in [0.2, 0.25) is 0 Å². The lowest BCUT2D eigenvalue weighted by Crippen LogP contribution is -2.20. The first-order chi connectivity index (χ1) is 7.58. The van der Waals surface area contributed by atoms with Gasteiger partial charge in [0, 0.05) is 12.6 Å². The highest BCUT2D eigenvalue weighted by molar-refractivity contribution is 5.44. The van der Waals surface area contributed by atoms with Gasteiger partial charge in [0.25, 0.3) is 0 Å². The van der Waals surface area contributed by atoms with Crippen LogP contribution in [-0.4, -0.2) is 19.8 Å². The Hall–Kier alpha value is -1.26. The van der Waals surface area contributed by atoms with Crippen LogP contribution >= 0.6 is 0 Å². The molecule has 90 valence electrons. The molecule has 16 heavy (non-hydrogen) atoms. The van der Waals surface area contributed by atoms with Crippen LogP contribution in [0.1, 0.15) is 25.5 Å². The Labute approximate surface area is 96.5 Å². The molecule has 0 aliphatic carbocycles. The number of rotatable bonds is 5. The van der Waals surface area contributed by atoms with Crippen LogP contribution in [0.3, 0.4) is 0 Å². The van der Waals surface area contributed by atoms with Crippen molar-refractivity contribution >= 4 is 0 Å². The highest BCUT2D eigenvalue weighted by Gasteiger charge is 2.10. The van der Waals surface area contributed by atoms with E-state index in [0.29, 0.717) is 12.3 Å². The molecule has 0 heterocycles. The molecule has 1 atom stereocenters. The molecule has 0 amide bonds. The van der Waals surface area contributed by atoms with E-state index in [4.69, 9.17) is 20.9 Å². The van der Waals surface area contributed by atoms with Crippen LogP contribution in [0.2, 0.25) is 0 Å². The maximum absolute atomic E-state index is 5.85. The second-order valence-electron chi connectivity index (χ2n) is 3.92. The van der Waals surface area contributed by atoms with Crippen molar-refractivity contribution in [3.63, 3.8) is 0 Å². The number of methoxy groups -OCH3 is 1. The molecular formula is C12H20N2O2. The predicted octanol–water partition coefficient (Wildman–Crippen LogP) is 1.44. The normalized spacial score (nSPS) is 12.6. The fourth-order valence-corrected chi connectivity index (χ4v) is 1.40. The fourth-order valence-electron chi connectivity index (χ4n) is 1.40. The molecule has 0 spiro atoms. The Morgan fingerprint density at radius 3 is 2.44 bits per heavy atom. The van der Waals surface area contributed by atoms with E-state index in [-0.39, 0.29) is 12.1 Å². The van der Waals surface area contributed by atoms with E-state index in [2.05, 4.69) is 0 Å². The van der Waals surface area contributed by atoms with E-state index in [0.717, 1.165) is 11.3 Å². The van der Waals surface area contributed by atoms with Gasteiger partial charge in [-0.2, -0.15) is 0 Å². The molecule has 0 unspecified atom stereocenters. The zero-order valence-electron chi connectivity index (χ0n) is 10.1. The van der Waals surface area contributed by atoms with Gasteiger partial charge in [-0.15, -0.1) is 0 Å². The van der Waals surface area contributed by atoms with Gasteiger partial charge in [-0.05, 0) is 31.5 Å². The molecule has 4 N–H and O–H groups in total. The topological polar surface area (TPSA) is 70.5 Å². The van der Waals surface area contributed by atoms with Gasteiger partial charge in [0.1, 0.15) is 0 Å². The fraction of sp³-hybridized carbons (Fsp3) is 0.500. The minimum absolute atomic E-state index is 0.114. The third kappa shape index (κ3) is 3.12. The Kier molecular flexibility index (Phi) is 4.58. The zero-order chi connectivity index (χ0) is 12.1. The molecule has 1 aromatic rings. The van der Waals surface area contributed by atoms with E-state index in [1.54, 1.807) is 7.11 Å². The summed E-state index contributed by atoms with van der Waals surface area (Å²) in [4.78, 5) is 0. The third-order valence-corrected chi connectivity index (χ3v) is 2.23. The van der Waals surface area contributed by atoms with Gasteiger partial charge in [-0.25, -0.2) is 0 Å². The van der Waals surface area contributed by atoms with Gasteiger partial charge < -0.3 is 20.9 Å². The van der Waals surface area contributed by atoms with Crippen LogP contribution in [0.5, 0.6) is 11.5 Å². The SMILES string of the molecule is COc1cc([C@H](N)CN)ccc1OC(C)C. The summed E-state index contributed by atoms with van der Waals surface area (Å²) in [5.41, 5.74) is 12.3. The molecule has 0 aliphatic rings. The monoisotopic (exact) mass is 224 g/mol. The minimum Gasteiger partial charge on any atom is -0.493 e. The van der Waals surface area contributed by atoms with Gasteiger partial charge in [-0.3, -0.25) is 0 Å². The molecule has 0 saturated heterocycles. The first kappa shape index (κ1) is 12.8. The van der Waals surface area contributed by atoms with E-state index in [9.17, 15) is 0 Å². The Balaban J connectivity index is 2.97. The first-order valence-electron chi connectivity index (χ1n) is 5.38. The lowest BCUT2D eigenvalue weighted by Gasteiger charge is -2.16. The Morgan fingerprint density at radius 2 is 1.94 bits per heavy atom. The van der Waals surface area contributed by atoms with Crippen molar-refractivity contribution in [1.82, 2.24) is 0 Å². The number of hydrogen-bond donors (Lipinski definition) is 2. The number of hydrogen-bond acceptors (Lipinski definition) is 4. The van der Waals surface area contributed by atoms with E-state index >= 15 is 0 Å². The summed E-state index contributed by atoms with van der Waals surface area (Å²) in [7, 11) is 1.61. The quantitative estimate of drug-likeness (QED) is 0.794. The molecule has 0 aliphatic heterocycles. The van der Waals surface area contributed by atoms with Crippen molar-refractivity contribution < 1.29 is 9.47 Å². The van der Waals surface area contributed by atoms with Crippen molar-refractivity contribution in [2.45, 2.75) is 26.0 Å².